The normalized spacial score (nSPS) is 16.5. The number of methoxy groups -OCH3 is 1. The topological polar surface area (TPSA) is 54.4 Å². The van der Waals surface area contributed by atoms with Crippen LogP contribution in [-0.2, 0) is 18.6 Å². The summed E-state index contributed by atoms with van der Waals surface area (Å²) in [6, 6.07) is 10.9. The van der Waals surface area contributed by atoms with Gasteiger partial charge in [0, 0.05) is 23.7 Å². The van der Waals surface area contributed by atoms with E-state index in [1.54, 1.807) is 18.9 Å². The maximum absolute atomic E-state index is 8.88. The van der Waals surface area contributed by atoms with Crippen LogP contribution in [0.3, 0.4) is 0 Å². The average Bonchev–Trinajstić information content (AvgIpc) is 2.61. The van der Waals surface area contributed by atoms with Gasteiger partial charge in [0.05, 0.1) is 13.7 Å². The summed E-state index contributed by atoms with van der Waals surface area (Å²) in [5.74, 6) is 3.54. The number of hydrogen-bond acceptors (Lipinski definition) is 5. The molecule has 128 valence electrons. The second kappa shape index (κ2) is 8.40. The first-order chi connectivity index (χ1) is 11.8. The summed E-state index contributed by atoms with van der Waals surface area (Å²) in [5, 5.41) is 12.5. The predicted molar refractivity (Wildman–Crippen MR) is 99.9 cm³/mol. The lowest BCUT2D eigenvalue weighted by atomic mass is 9.88. The van der Waals surface area contributed by atoms with Gasteiger partial charge in [-0.3, -0.25) is 0 Å². The monoisotopic (exact) mass is 344 g/mol. The Morgan fingerprint density at radius 1 is 1.29 bits per heavy atom. The number of fused-ring (bicyclic) bond motifs is 1. The quantitative estimate of drug-likeness (QED) is 0.755. The van der Waals surface area contributed by atoms with Gasteiger partial charge < -0.3 is 15.2 Å². The van der Waals surface area contributed by atoms with Gasteiger partial charge >= 0.3 is 0 Å². The van der Waals surface area contributed by atoms with Crippen LogP contribution >= 0.6 is 11.8 Å². The number of aromatic nitrogens is 1. The van der Waals surface area contributed by atoms with E-state index in [1.807, 2.05) is 18.3 Å². The molecule has 2 aromatic rings. The number of aliphatic hydroxyl groups excluding tert-OH is 1. The Morgan fingerprint density at radius 2 is 2.21 bits per heavy atom. The molecule has 1 aliphatic rings. The standard InChI is InChI=1S/C19H24N2O2S/c1-23-18-5-3-15-2-4-17(11-16(15)12-18)21-19-10-14(6-7-20-19)13-24-9-8-22/h3,5-7,10,12,17,22H,2,4,8-9,11,13H2,1H3,(H,20,21). The highest BCUT2D eigenvalue weighted by Crippen LogP contribution is 2.27. The van der Waals surface area contributed by atoms with E-state index < -0.39 is 0 Å². The van der Waals surface area contributed by atoms with Crippen molar-refractivity contribution in [1.29, 1.82) is 0 Å². The first-order valence-corrected chi connectivity index (χ1v) is 9.50. The van der Waals surface area contributed by atoms with Crippen molar-refractivity contribution in [1.82, 2.24) is 4.98 Å². The van der Waals surface area contributed by atoms with E-state index in [-0.39, 0.29) is 6.61 Å². The first kappa shape index (κ1) is 17.1. The third-order valence-corrected chi connectivity index (χ3v) is 5.33. The summed E-state index contributed by atoms with van der Waals surface area (Å²) in [5.41, 5.74) is 4.03. The maximum Gasteiger partial charge on any atom is 0.126 e. The number of nitrogens with zero attached hydrogens (tertiary/aromatic N) is 1. The number of benzene rings is 1. The van der Waals surface area contributed by atoms with E-state index in [9.17, 15) is 0 Å². The number of anilines is 1. The molecule has 5 heteroatoms. The molecule has 2 N–H and O–H groups in total. The summed E-state index contributed by atoms with van der Waals surface area (Å²) in [6.07, 6.45) is 5.06. The highest BCUT2D eigenvalue weighted by molar-refractivity contribution is 7.98. The van der Waals surface area contributed by atoms with Crippen LogP contribution in [0, 0.1) is 0 Å². The molecular weight excluding hydrogens is 320 g/mol. The Morgan fingerprint density at radius 3 is 3.04 bits per heavy atom. The van der Waals surface area contributed by atoms with Crippen LogP contribution < -0.4 is 10.1 Å². The molecule has 0 spiro atoms. The van der Waals surface area contributed by atoms with Gasteiger partial charge in [-0.15, -0.1) is 0 Å². The zero-order valence-electron chi connectivity index (χ0n) is 14.0. The number of pyridine rings is 1. The lowest BCUT2D eigenvalue weighted by molar-refractivity contribution is 0.322. The molecule has 1 unspecified atom stereocenters. The molecule has 1 aromatic heterocycles. The molecule has 0 saturated carbocycles. The Bertz CT molecular complexity index is 678. The zero-order chi connectivity index (χ0) is 16.8. The van der Waals surface area contributed by atoms with Crippen LogP contribution in [0.5, 0.6) is 5.75 Å². The van der Waals surface area contributed by atoms with Crippen molar-refractivity contribution < 1.29 is 9.84 Å². The van der Waals surface area contributed by atoms with Crippen molar-refractivity contribution >= 4 is 17.6 Å². The molecule has 1 aliphatic carbocycles. The summed E-state index contributed by atoms with van der Waals surface area (Å²) in [4.78, 5) is 4.46. The number of hydrogen-bond donors (Lipinski definition) is 2. The number of nitrogens with one attached hydrogen (secondary N) is 1. The Kier molecular flexibility index (Phi) is 5.99. The first-order valence-electron chi connectivity index (χ1n) is 8.34. The number of rotatable bonds is 7. The SMILES string of the molecule is COc1ccc2c(c1)CC(Nc1cc(CSCCO)ccn1)CC2. The fraction of sp³-hybridized carbons (Fsp3) is 0.421. The molecule has 0 radical (unpaired) electrons. The third-order valence-electron chi connectivity index (χ3n) is 4.32. The van der Waals surface area contributed by atoms with E-state index in [0.29, 0.717) is 6.04 Å². The highest BCUT2D eigenvalue weighted by Gasteiger charge is 2.19. The molecule has 0 saturated heterocycles. The Balaban J connectivity index is 1.63. The molecular formula is C19H24N2O2S. The van der Waals surface area contributed by atoms with Crippen LogP contribution in [0.15, 0.2) is 36.5 Å². The summed E-state index contributed by atoms with van der Waals surface area (Å²) in [7, 11) is 1.71. The van der Waals surface area contributed by atoms with E-state index in [4.69, 9.17) is 9.84 Å². The minimum Gasteiger partial charge on any atom is -0.497 e. The molecule has 3 rings (SSSR count). The van der Waals surface area contributed by atoms with Crippen molar-refractivity contribution in [3.63, 3.8) is 0 Å². The van der Waals surface area contributed by atoms with Crippen molar-refractivity contribution in [2.75, 3.05) is 24.8 Å². The van der Waals surface area contributed by atoms with Gasteiger partial charge in [0.25, 0.3) is 0 Å². The summed E-state index contributed by atoms with van der Waals surface area (Å²) in [6.45, 7) is 0.228. The van der Waals surface area contributed by atoms with Crippen LogP contribution in [-0.4, -0.2) is 35.6 Å². The summed E-state index contributed by atoms with van der Waals surface area (Å²) >= 11 is 1.74. The number of thioether (sulfide) groups is 1. The van der Waals surface area contributed by atoms with Crippen LogP contribution in [0.1, 0.15) is 23.1 Å². The fourth-order valence-electron chi connectivity index (χ4n) is 3.09. The number of aryl methyl sites for hydroxylation is 1. The average molecular weight is 344 g/mol. The van der Waals surface area contributed by atoms with E-state index in [1.165, 1.54) is 16.7 Å². The van der Waals surface area contributed by atoms with Crippen LogP contribution in [0.4, 0.5) is 5.82 Å². The molecule has 1 aromatic carbocycles. The Labute approximate surface area is 147 Å². The van der Waals surface area contributed by atoms with E-state index >= 15 is 0 Å². The van der Waals surface area contributed by atoms with Gasteiger partial charge in [-0.05, 0) is 60.2 Å². The summed E-state index contributed by atoms with van der Waals surface area (Å²) < 4.78 is 5.34. The van der Waals surface area contributed by atoms with Gasteiger partial charge in [-0.2, -0.15) is 11.8 Å². The molecule has 0 fully saturated rings. The minimum absolute atomic E-state index is 0.228. The fourth-order valence-corrected chi connectivity index (χ4v) is 3.78. The lowest BCUT2D eigenvalue weighted by Crippen LogP contribution is -2.27. The van der Waals surface area contributed by atoms with Gasteiger partial charge in [-0.25, -0.2) is 4.98 Å². The highest BCUT2D eigenvalue weighted by atomic mass is 32.2. The van der Waals surface area contributed by atoms with E-state index in [0.717, 1.165) is 42.3 Å². The minimum atomic E-state index is 0.228. The number of aliphatic hydroxyl groups is 1. The largest absolute Gasteiger partial charge is 0.497 e. The van der Waals surface area contributed by atoms with Crippen molar-refractivity contribution in [2.45, 2.75) is 31.1 Å². The number of ether oxygens (including phenoxy) is 1. The van der Waals surface area contributed by atoms with Crippen molar-refractivity contribution in [2.24, 2.45) is 0 Å². The van der Waals surface area contributed by atoms with E-state index in [2.05, 4.69) is 28.5 Å². The molecule has 4 nitrogen and oxygen atoms in total. The molecule has 1 atom stereocenters. The van der Waals surface area contributed by atoms with Crippen LogP contribution in [0.2, 0.25) is 0 Å². The molecule has 0 aliphatic heterocycles. The molecule has 0 bridgehead atoms. The Hall–Kier alpha value is -1.72. The second-order valence-corrected chi connectivity index (χ2v) is 7.15. The van der Waals surface area contributed by atoms with Gasteiger partial charge in [0.1, 0.15) is 11.6 Å². The molecule has 24 heavy (non-hydrogen) atoms. The maximum atomic E-state index is 8.88. The van der Waals surface area contributed by atoms with Crippen molar-refractivity contribution in [3.8, 4) is 5.75 Å². The van der Waals surface area contributed by atoms with Gasteiger partial charge in [0.15, 0.2) is 0 Å². The van der Waals surface area contributed by atoms with Crippen molar-refractivity contribution in [3.05, 3.63) is 53.2 Å². The van der Waals surface area contributed by atoms with Crippen LogP contribution in [0.25, 0.3) is 0 Å². The molecule has 0 amide bonds. The van der Waals surface area contributed by atoms with Gasteiger partial charge in [-0.1, -0.05) is 6.07 Å². The third kappa shape index (κ3) is 4.42. The zero-order valence-corrected chi connectivity index (χ0v) is 14.8. The predicted octanol–water partition coefficient (Wildman–Crippen LogP) is 3.29. The smallest absolute Gasteiger partial charge is 0.126 e. The molecule has 1 heterocycles. The lowest BCUT2D eigenvalue weighted by Gasteiger charge is -2.26. The second-order valence-electron chi connectivity index (χ2n) is 6.04. The van der Waals surface area contributed by atoms with Gasteiger partial charge in [0.2, 0.25) is 0 Å².